The van der Waals surface area contributed by atoms with Crippen LogP contribution in [0, 0.1) is 5.92 Å². The molecule has 0 saturated carbocycles. The SMILES string of the molecule is CC(C)CCCOC(=O)c1ccnc(Br)c1. The zero-order valence-electron chi connectivity index (χ0n) is 9.57. The first-order valence-electron chi connectivity index (χ1n) is 5.38. The van der Waals surface area contributed by atoms with Crippen molar-refractivity contribution in [1.82, 2.24) is 4.98 Å². The second-order valence-corrected chi connectivity index (χ2v) is 4.85. The van der Waals surface area contributed by atoms with Crippen molar-refractivity contribution in [3.05, 3.63) is 28.5 Å². The molecule has 88 valence electrons. The van der Waals surface area contributed by atoms with Crippen LogP contribution in [0.15, 0.2) is 22.9 Å². The zero-order chi connectivity index (χ0) is 12.0. The highest BCUT2D eigenvalue weighted by atomic mass is 79.9. The van der Waals surface area contributed by atoms with Crippen LogP contribution < -0.4 is 0 Å². The number of hydrogen-bond donors (Lipinski definition) is 0. The maximum atomic E-state index is 11.6. The minimum absolute atomic E-state index is 0.285. The Morgan fingerprint density at radius 3 is 2.94 bits per heavy atom. The van der Waals surface area contributed by atoms with Crippen molar-refractivity contribution in [2.75, 3.05) is 6.61 Å². The molecule has 0 atom stereocenters. The first-order valence-corrected chi connectivity index (χ1v) is 6.17. The summed E-state index contributed by atoms with van der Waals surface area (Å²) in [6, 6.07) is 3.31. The summed E-state index contributed by atoms with van der Waals surface area (Å²) in [6.07, 6.45) is 3.57. The van der Waals surface area contributed by atoms with E-state index in [9.17, 15) is 4.79 Å². The van der Waals surface area contributed by atoms with Gasteiger partial charge in [-0.25, -0.2) is 9.78 Å². The third-order valence-corrected chi connectivity index (χ3v) is 2.55. The summed E-state index contributed by atoms with van der Waals surface area (Å²) in [5, 5.41) is 0. The summed E-state index contributed by atoms with van der Waals surface area (Å²) in [5.74, 6) is 0.362. The summed E-state index contributed by atoms with van der Waals surface area (Å²) in [5.41, 5.74) is 0.534. The summed E-state index contributed by atoms with van der Waals surface area (Å²) in [6.45, 7) is 4.79. The van der Waals surface area contributed by atoms with Crippen LogP contribution in [0.25, 0.3) is 0 Å². The van der Waals surface area contributed by atoms with Gasteiger partial charge in [-0.1, -0.05) is 13.8 Å². The van der Waals surface area contributed by atoms with E-state index >= 15 is 0 Å². The number of nitrogens with zero attached hydrogens (tertiary/aromatic N) is 1. The van der Waals surface area contributed by atoms with E-state index in [-0.39, 0.29) is 5.97 Å². The molecule has 1 aromatic rings. The van der Waals surface area contributed by atoms with Crippen LogP contribution in [0.1, 0.15) is 37.0 Å². The third kappa shape index (κ3) is 4.75. The number of esters is 1. The Kier molecular flexibility index (Phi) is 5.46. The van der Waals surface area contributed by atoms with Gasteiger partial charge in [0.2, 0.25) is 0 Å². The number of aromatic nitrogens is 1. The molecule has 0 radical (unpaired) electrons. The lowest BCUT2D eigenvalue weighted by Gasteiger charge is -2.06. The molecule has 0 aliphatic heterocycles. The Bertz CT molecular complexity index is 353. The number of pyridine rings is 1. The second-order valence-electron chi connectivity index (χ2n) is 4.04. The van der Waals surface area contributed by atoms with Gasteiger partial charge in [-0.3, -0.25) is 0 Å². The van der Waals surface area contributed by atoms with Gasteiger partial charge in [0.05, 0.1) is 12.2 Å². The quantitative estimate of drug-likeness (QED) is 0.473. The maximum absolute atomic E-state index is 11.6. The molecule has 0 N–H and O–H groups in total. The molecular weight excluding hydrogens is 270 g/mol. The van der Waals surface area contributed by atoms with Crippen molar-refractivity contribution >= 4 is 21.9 Å². The molecule has 0 aliphatic rings. The van der Waals surface area contributed by atoms with Crippen molar-refractivity contribution in [2.45, 2.75) is 26.7 Å². The predicted octanol–water partition coefficient (Wildman–Crippen LogP) is 3.44. The van der Waals surface area contributed by atoms with Crippen molar-refractivity contribution < 1.29 is 9.53 Å². The molecule has 0 spiro atoms. The van der Waals surface area contributed by atoms with Crippen LogP contribution in [0.4, 0.5) is 0 Å². The Morgan fingerprint density at radius 2 is 2.31 bits per heavy atom. The molecule has 0 unspecified atom stereocenters. The lowest BCUT2D eigenvalue weighted by molar-refractivity contribution is 0.0494. The maximum Gasteiger partial charge on any atom is 0.338 e. The monoisotopic (exact) mass is 285 g/mol. The standard InChI is InChI=1S/C12H16BrNO2/c1-9(2)4-3-7-16-12(15)10-5-6-14-11(13)8-10/h5-6,8-9H,3-4,7H2,1-2H3. The first-order chi connectivity index (χ1) is 7.59. The van der Waals surface area contributed by atoms with Gasteiger partial charge in [0.15, 0.2) is 0 Å². The fourth-order valence-electron chi connectivity index (χ4n) is 1.27. The van der Waals surface area contributed by atoms with Crippen LogP contribution in [0.5, 0.6) is 0 Å². The van der Waals surface area contributed by atoms with Crippen molar-refractivity contribution in [3.8, 4) is 0 Å². The van der Waals surface area contributed by atoms with E-state index in [1.165, 1.54) is 0 Å². The number of ether oxygens (including phenoxy) is 1. The minimum atomic E-state index is -0.285. The zero-order valence-corrected chi connectivity index (χ0v) is 11.2. The molecule has 1 rings (SSSR count). The summed E-state index contributed by atoms with van der Waals surface area (Å²) in [7, 11) is 0. The van der Waals surface area contributed by atoms with Gasteiger partial charge in [-0.15, -0.1) is 0 Å². The molecule has 0 amide bonds. The van der Waals surface area contributed by atoms with E-state index in [1.54, 1.807) is 18.3 Å². The molecule has 4 heteroatoms. The van der Waals surface area contributed by atoms with Gasteiger partial charge in [-0.2, -0.15) is 0 Å². The van der Waals surface area contributed by atoms with Crippen LogP contribution >= 0.6 is 15.9 Å². The number of rotatable bonds is 5. The van der Waals surface area contributed by atoms with Crippen LogP contribution in [-0.4, -0.2) is 17.6 Å². The highest BCUT2D eigenvalue weighted by molar-refractivity contribution is 9.10. The van der Waals surface area contributed by atoms with Gasteiger partial charge in [-0.05, 0) is 46.8 Å². The van der Waals surface area contributed by atoms with Crippen LogP contribution in [0.3, 0.4) is 0 Å². The van der Waals surface area contributed by atoms with Gasteiger partial charge in [0, 0.05) is 6.20 Å². The van der Waals surface area contributed by atoms with Crippen molar-refractivity contribution in [3.63, 3.8) is 0 Å². The molecular formula is C12H16BrNO2. The molecule has 0 aliphatic carbocycles. The highest BCUT2D eigenvalue weighted by Gasteiger charge is 2.07. The lowest BCUT2D eigenvalue weighted by atomic mass is 10.1. The molecule has 3 nitrogen and oxygen atoms in total. The topological polar surface area (TPSA) is 39.2 Å². The Morgan fingerprint density at radius 1 is 1.56 bits per heavy atom. The largest absolute Gasteiger partial charge is 0.462 e. The van der Waals surface area contributed by atoms with E-state index in [4.69, 9.17) is 4.74 Å². The number of carbonyl (C=O) groups is 1. The Hall–Kier alpha value is -0.900. The van der Waals surface area contributed by atoms with Gasteiger partial charge < -0.3 is 4.74 Å². The number of carbonyl (C=O) groups excluding carboxylic acids is 1. The fraction of sp³-hybridized carbons (Fsp3) is 0.500. The van der Waals surface area contributed by atoms with Gasteiger partial charge >= 0.3 is 5.97 Å². The lowest BCUT2D eigenvalue weighted by Crippen LogP contribution is -2.07. The highest BCUT2D eigenvalue weighted by Crippen LogP contribution is 2.10. The second kappa shape index (κ2) is 6.63. The van der Waals surface area contributed by atoms with E-state index in [2.05, 4.69) is 34.8 Å². The normalized spacial score (nSPS) is 10.5. The third-order valence-electron chi connectivity index (χ3n) is 2.12. The summed E-state index contributed by atoms with van der Waals surface area (Å²) in [4.78, 5) is 15.5. The number of halogens is 1. The average Bonchev–Trinajstić information content (AvgIpc) is 2.24. The molecule has 0 fully saturated rings. The molecule has 1 heterocycles. The minimum Gasteiger partial charge on any atom is -0.462 e. The fourth-order valence-corrected chi connectivity index (χ4v) is 1.63. The molecule has 0 saturated heterocycles. The van der Waals surface area contributed by atoms with E-state index in [0.717, 1.165) is 12.8 Å². The summed E-state index contributed by atoms with van der Waals surface area (Å²) < 4.78 is 5.79. The predicted molar refractivity (Wildman–Crippen MR) is 66.3 cm³/mol. The number of hydrogen-bond acceptors (Lipinski definition) is 3. The van der Waals surface area contributed by atoms with Gasteiger partial charge in [0.1, 0.15) is 4.60 Å². The van der Waals surface area contributed by atoms with Crippen LogP contribution in [0.2, 0.25) is 0 Å². The first kappa shape index (κ1) is 13.2. The molecule has 1 aromatic heterocycles. The van der Waals surface area contributed by atoms with E-state index < -0.39 is 0 Å². The van der Waals surface area contributed by atoms with Crippen LogP contribution in [-0.2, 0) is 4.74 Å². The molecule has 16 heavy (non-hydrogen) atoms. The molecule has 0 aromatic carbocycles. The van der Waals surface area contributed by atoms with Crippen molar-refractivity contribution in [1.29, 1.82) is 0 Å². The Labute approximate surface area is 104 Å². The van der Waals surface area contributed by atoms with Gasteiger partial charge in [0.25, 0.3) is 0 Å². The van der Waals surface area contributed by atoms with Crippen molar-refractivity contribution in [2.24, 2.45) is 5.92 Å². The average molecular weight is 286 g/mol. The Balaban J connectivity index is 2.35. The van der Waals surface area contributed by atoms with E-state index in [1.807, 2.05) is 0 Å². The van der Waals surface area contributed by atoms with E-state index in [0.29, 0.717) is 22.7 Å². The smallest absolute Gasteiger partial charge is 0.338 e. The summed E-state index contributed by atoms with van der Waals surface area (Å²) >= 11 is 3.21. The molecule has 0 bridgehead atoms.